The molecular formula is C21H27N3O3. The Morgan fingerprint density at radius 1 is 1.19 bits per heavy atom. The normalized spacial score (nSPS) is 14.5. The number of carboxylic acids is 1. The van der Waals surface area contributed by atoms with E-state index in [4.69, 9.17) is 5.11 Å². The molecule has 0 unspecified atom stereocenters. The molecule has 144 valence electrons. The zero-order valence-electron chi connectivity index (χ0n) is 16.2. The molecule has 1 aromatic heterocycles. The number of hydrogen-bond donors (Lipinski definition) is 1. The van der Waals surface area contributed by atoms with Gasteiger partial charge in [-0.25, -0.2) is 4.68 Å². The summed E-state index contributed by atoms with van der Waals surface area (Å²) in [7, 11) is 1.89. The molecule has 0 radical (unpaired) electrons. The molecule has 1 N–H and O–H groups in total. The Morgan fingerprint density at radius 2 is 1.81 bits per heavy atom. The molecule has 0 saturated heterocycles. The minimum atomic E-state index is -0.809. The zero-order valence-corrected chi connectivity index (χ0v) is 16.2. The van der Waals surface area contributed by atoms with Crippen molar-refractivity contribution in [1.29, 1.82) is 0 Å². The van der Waals surface area contributed by atoms with E-state index < -0.39 is 5.97 Å². The summed E-state index contributed by atoms with van der Waals surface area (Å²) in [6, 6.07) is 7.84. The predicted octanol–water partition coefficient (Wildman–Crippen LogP) is 3.52. The maximum absolute atomic E-state index is 12.7. The van der Waals surface area contributed by atoms with Gasteiger partial charge >= 0.3 is 5.97 Å². The van der Waals surface area contributed by atoms with E-state index in [1.165, 1.54) is 12.8 Å². The molecule has 0 atom stereocenters. The van der Waals surface area contributed by atoms with Crippen molar-refractivity contribution in [3.05, 3.63) is 46.8 Å². The summed E-state index contributed by atoms with van der Waals surface area (Å²) in [5.41, 5.74) is 4.31. The number of aromatic nitrogens is 2. The van der Waals surface area contributed by atoms with Gasteiger partial charge in [-0.3, -0.25) is 9.59 Å². The van der Waals surface area contributed by atoms with Crippen molar-refractivity contribution in [1.82, 2.24) is 14.7 Å². The highest BCUT2D eigenvalue weighted by Crippen LogP contribution is 2.24. The van der Waals surface area contributed by atoms with Crippen LogP contribution in [0.5, 0.6) is 0 Å². The molecule has 0 spiro atoms. The monoisotopic (exact) mass is 369 g/mol. The number of carbonyl (C=O) groups excluding carboxylic acids is 1. The third kappa shape index (κ3) is 4.04. The minimum Gasteiger partial charge on any atom is -0.481 e. The van der Waals surface area contributed by atoms with Crippen molar-refractivity contribution in [3.63, 3.8) is 0 Å². The first-order chi connectivity index (χ1) is 12.9. The van der Waals surface area contributed by atoms with Crippen molar-refractivity contribution in [3.8, 4) is 5.69 Å². The highest BCUT2D eigenvalue weighted by atomic mass is 16.4. The van der Waals surface area contributed by atoms with E-state index in [1.54, 1.807) is 0 Å². The van der Waals surface area contributed by atoms with Gasteiger partial charge in [-0.05, 0) is 62.9 Å². The van der Waals surface area contributed by atoms with E-state index in [9.17, 15) is 9.59 Å². The van der Waals surface area contributed by atoms with Crippen LogP contribution in [-0.4, -0.2) is 44.8 Å². The molecule has 6 heteroatoms. The zero-order chi connectivity index (χ0) is 19.6. The summed E-state index contributed by atoms with van der Waals surface area (Å²) < 4.78 is 1.82. The lowest BCUT2D eigenvalue weighted by molar-refractivity contribution is -0.136. The average Bonchev–Trinajstić information content (AvgIpc) is 3.28. The minimum absolute atomic E-state index is 0.0592. The molecule has 1 aromatic carbocycles. The van der Waals surface area contributed by atoms with Gasteiger partial charge in [0.25, 0.3) is 5.91 Å². The molecule has 1 saturated carbocycles. The topological polar surface area (TPSA) is 75.4 Å². The Kier molecular flexibility index (Phi) is 5.63. The van der Waals surface area contributed by atoms with Crippen LogP contribution in [0.3, 0.4) is 0 Å². The first-order valence-corrected chi connectivity index (χ1v) is 9.53. The first-order valence-electron chi connectivity index (χ1n) is 9.53. The summed E-state index contributed by atoms with van der Waals surface area (Å²) >= 11 is 0. The van der Waals surface area contributed by atoms with Crippen molar-refractivity contribution in [2.75, 3.05) is 7.05 Å². The number of aliphatic carboxylic acids is 1. The van der Waals surface area contributed by atoms with Crippen molar-refractivity contribution < 1.29 is 14.7 Å². The van der Waals surface area contributed by atoms with E-state index in [1.807, 2.05) is 54.7 Å². The van der Waals surface area contributed by atoms with Crippen molar-refractivity contribution in [2.24, 2.45) is 0 Å². The van der Waals surface area contributed by atoms with Crippen LogP contribution in [0.2, 0.25) is 0 Å². The largest absolute Gasteiger partial charge is 0.481 e. The summed E-state index contributed by atoms with van der Waals surface area (Å²) in [5, 5.41) is 13.5. The first kappa shape index (κ1) is 19.1. The predicted molar refractivity (Wildman–Crippen MR) is 103 cm³/mol. The van der Waals surface area contributed by atoms with E-state index in [2.05, 4.69) is 5.10 Å². The Morgan fingerprint density at radius 3 is 2.41 bits per heavy atom. The van der Waals surface area contributed by atoms with Gasteiger partial charge in [0.1, 0.15) is 0 Å². The van der Waals surface area contributed by atoms with Crippen LogP contribution in [0.4, 0.5) is 0 Å². The van der Waals surface area contributed by atoms with Crippen LogP contribution in [0.1, 0.15) is 59.4 Å². The average molecular weight is 369 g/mol. The summed E-state index contributed by atoms with van der Waals surface area (Å²) in [5.74, 6) is -0.750. The third-order valence-electron chi connectivity index (χ3n) is 5.58. The van der Waals surface area contributed by atoms with Crippen LogP contribution in [0, 0.1) is 13.8 Å². The van der Waals surface area contributed by atoms with E-state index >= 15 is 0 Å². The molecule has 1 aliphatic carbocycles. The second-order valence-electron chi connectivity index (χ2n) is 7.36. The third-order valence-corrected chi connectivity index (χ3v) is 5.58. The molecule has 6 nitrogen and oxygen atoms in total. The highest BCUT2D eigenvalue weighted by Gasteiger charge is 2.24. The van der Waals surface area contributed by atoms with Crippen LogP contribution >= 0.6 is 0 Å². The molecule has 0 bridgehead atoms. The molecule has 1 fully saturated rings. The number of amides is 1. The lowest BCUT2D eigenvalue weighted by Gasteiger charge is -2.24. The lowest BCUT2D eigenvalue weighted by atomic mass is 10.1. The number of carboxylic acid groups (broad SMARTS) is 1. The van der Waals surface area contributed by atoms with Gasteiger partial charge in [-0.15, -0.1) is 0 Å². The molecule has 2 aromatic rings. The molecular weight excluding hydrogens is 342 g/mol. The quantitative estimate of drug-likeness (QED) is 0.845. The van der Waals surface area contributed by atoms with Crippen LogP contribution in [0.25, 0.3) is 5.69 Å². The fourth-order valence-electron chi connectivity index (χ4n) is 3.93. The summed E-state index contributed by atoms with van der Waals surface area (Å²) in [6.07, 6.45) is 5.13. The standard InChI is InChI=1S/C21H27N3O3/c1-14-19(12-13-20(25)26)15(2)24(22-14)18-10-8-16(9-11-18)21(27)23(3)17-6-4-5-7-17/h8-11,17H,4-7,12-13H2,1-3H3,(H,25,26). The number of carbonyl (C=O) groups is 2. The number of hydrogen-bond acceptors (Lipinski definition) is 3. The van der Waals surface area contributed by atoms with Crippen molar-refractivity contribution in [2.45, 2.75) is 58.4 Å². The van der Waals surface area contributed by atoms with E-state index in [0.29, 0.717) is 18.0 Å². The highest BCUT2D eigenvalue weighted by molar-refractivity contribution is 5.94. The molecule has 27 heavy (non-hydrogen) atoms. The number of nitrogens with zero attached hydrogens (tertiary/aromatic N) is 3. The lowest BCUT2D eigenvalue weighted by Crippen LogP contribution is -2.35. The van der Waals surface area contributed by atoms with Gasteiger partial charge in [0.15, 0.2) is 0 Å². The van der Waals surface area contributed by atoms with Gasteiger partial charge in [0, 0.05) is 30.8 Å². The number of rotatable bonds is 6. The summed E-state index contributed by atoms with van der Waals surface area (Å²) in [6.45, 7) is 3.85. The van der Waals surface area contributed by atoms with Gasteiger partial charge in [-0.1, -0.05) is 12.8 Å². The molecule has 3 rings (SSSR count). The molecule has 1 amide bonds. The number of benzene rings is 1. The Hall–Kier alpha value is -2.63. The maximum Gasteiger partial charge on any atom is 0.303 e. The fourth-order valence-corrected chi connectivity index (χ4v) is 3.93. The van der Waals surface area contributed by atoms with E-state index in [-0.39, 0.29) is 12.3 Å². The van der Waals surface area contributed by atoms with E-state index in [0.717, 1.165) is 35.5 Å². The SMILES string of the molecule is Cc1nn(-c2ccc(C(=O)N(C)C3CCCC3)cc2)c(C)c1CCC(=O)O. The Bertz CT molecular complexity index is 833. The Labute approximate surface area is 159 Å². The smallest absolute Gasteiger partial charge is 0.303 e. The van der Waals surface area contributed by atoms with Gasteiger partial charge in [0.05, 0.1) is 11.4 Å². The van der Waals surface area contributed by atoms with Gasteiger partial charge in [-0.2, -0.15) is 5.10 Å². The van der Waals surface area contributed by atoms with Gasteiger partial charge < -0.3 is 10.0 Å². The second kappa shape index (κ2) is 7.94. The molecule has 1 heterocycles. The second-order valence-corrected chi connectivity index (χ2v) is 7.36. The van der Waals surface area contributed by atoms with Crippen molar-refractivity contribution >= 4 is 11.9 Å². The van der Waals surface area contributed by atoms with Crippen LogP contribution in [-0.2, 0) is 11.2 Å². The fraction of sp³-hybridized carbons (Fsp3) is 0.476. The molecule has 1 aliphatic rings. The number of aryl methyl sites for hydroxylation is 1. The maximum atomic E-state index is 12.7. The molecule has 0 aliphatic heterocycles. The van der Waals surface area contributed by atoms with Crippen LogP contribution in [0.15, 0.2) is 24.3 Å². The van der Waals surface area contributed by atoms with Gasteiger partial charge in [0.2, 0.25) is 0 Å². The summed E-state index contributed by atoms with van der Waals surface area (Å²) in [4.78, 5) is 25.4. The Balaban J connectivity index is 1.78. The van der Waals surface area contributed by atoms with Crippen LogP contribution < -0.4 is 0 Å².